The number of benzene rings is 5. The van der Waals surface area contributed by atoms with Crippen LogP contribution in [-0.2, 0) is 0 Å². The Morgan fingerprint density at radius 2 is 0.929 bits per heavy atom. The van der Waals surface area contributed by atoms with Crippen LogP contribution < -0.4 is 21.2 Å². The lowest BCUT2D eigenvalue weighted by Crippen LogP contribution is -2.21. The van der Waals surface area contributed by atoms with Crippen molar-refractivity contribution in [3.8, 4) is 0 Å². The highest BCUT2D eigenvalue weighted by molar-refractivity contribution is 7.97. The van der Waals surface area contributed by atoms with Gasteiger partial charge < -0.3 is 5.11 Å². The van der Waals surface area contributed by atoms with E-state index in [4.69, 9.17) is 13.5 Å². The fraction of sp³-hybridized carbons (Fsp3) is 0.0625. The molecular formula is C32H29N4O3P3. The molecule has 0 radical (unpaired) electrons. The second kappa shape index (κ2) is 11.4. The molecule has 2 atom stereocenters. The Kier molecular flexibility index (Phi) is 7.70. The van der Waals surface area contributed by atoms with Gasteiger partial charge in [0, 0.05) is 27.3 Å². The largest absolute Gasteiger partial charge is 0.380 e. The average molecular weight is 611 g/mol. The molecule has 5 aromatic carbocycles. The third-order valence-electron chi connectivity index (χ3n) is 7.22. The summed E-state index contributed by atoms with van der Waals surface area (Å²) in [6.45, 7) is 1.89. The van der Waals surface area contributed by atoms with E-state index in [2.05, 4.69) is 0 Å². The predicted molar refractivity (Wildman–Crippen MR) is 176 cm³/mol. The Bertz CT molecular complexity index is 1750. The standard InChI is InChI=1S/C32H29N4O3P3/c1-40(32(37)30-24-14-15-25-31(30)36(38)39)33-41(26-16-6-2-7-17-26,27-18-8-3-9-19-27)35-42(34-40,28-20-10-4-11-21-28)29-22-12-5-13-23-29/h2-25,32,37H,1H3. The summed E-state index contributed by atoms with van der Waals surface area (Å²) < 4.78 is 16.9. The molecule has 1 N–H and O–H groups in total. The maximum absolute atomic E-state index is 12.2. The molecule has 42 heavy (non-hydrogen) atoms. The Hall–Kier alpha value is -3.85. The summed E-state index contributed by atoms with van der Waals surface area (Å²) in [6.07, 6.45) is 0. The van der Waals surface area contributed by atoms with E-state index in [0.717, 1.165) is 21.2 Å². The fourth-order valence-electron chi connectivity index (χ4n) is 5.25. The molecule has 7 nitrogen and oxygen atoms in total. The van der Waals surface area contributed by atoms with Crippen molar-refractivity contribution in [2.24, 2.45) is 13.5 Å². The number of para-hydroxylation sites is 1. The highest BCUT2D eigenvalue weighted by Gasteiger charge is 2.43. The number of nitro groups is 1. The van der Waals surface area contributed by atoms with E-state index >= 15 is 0 Å². The van der Waals surface area contributed by atoms with Gasteiger partial charge in [-0.2, -0.15) is 0 Å². The monoisotopic (exact) mass is 610 g/mol. The van der Waals surface area contributed by atoms with E-state index in [0.29, 0.717) is 0 Å². The molecule has 5 aromatic rings. The molecule has 0 spiro atoms. The van der Waals surface area contributed by atoms with Crippen molar-refractivity contribution in [1.29, 1.82) is 0 Å². The zero-order valence-electron chi connectivity index (χ0n) is 22.8. The summed E-state index contributed by atoms with van der Waals surface area (Å²) in [6, 6.07) is 46.4. The number of hydrogen-bond donors (Lipinski definition) is 1. The van der Waals surface area contributed by atoms with Gasteiger partial charge >= 0.3 is 0 Å². The van der Waals surface area contributed by atoms with Gasteiger partial charge in [-0.05, 0) is 12.7 Å². The maximum atomic E-state index is 12.2. The third-order valence-corrected chi connectivity index (χ3v) is 19.5. The van der Waals surface area contributed by atoms with Gasteiger partial charge in [-0.15, -0.1) is 0 Å². The highest BCUT2D eigenvalue weighted by Crippen LogP contribution is 2.79. The molecule has 0 amide bonds. The maximum Gasteiger partial charge on any atom is 0.275 e. The van der Waals surface area contributed by atoms with Crippen molar-refractivity contribution in [2.45, 2.75) is 5.85 Å². The summed E-state index contributed by atoms with van der Waals surface area (Å²) >= 11 is 0. The second-order valence-corrected chi connectivity index (χ2v) is 19.0. The minimum Gasteiger partial charge on any atom is -0.380 e. The molecular weight excluding hydrogens is 581 g/mol. The van der Waals surface area contributed by atoms with Crippen LogP contribution in [0.1, 0.15) is 11.4 Å². The van der Waals surface area contributed by atoms with E-state index in [1.54, 1.807) is 18.2 Å². The quantitative estimate of drug-likeness (QED) is 0.115. The first-order chi connectivity index (χ1) is 20.4. The van der Waals surface area contributed by atoms with Crippen LogP contribution in [0, 0.1) is 10.1 Å². The van der Waals surface area contributed by atoms with Crippen LogP contribution in [0.5, 0.6) is 0 Å². The lowest BCUT2D eigenvalue weighted by Gasteiger charge is -2.38. The molecule has 0 aliphatic carbocycles. The summed E-state index contributed by atoms with van der Waals surface area (Å²) in [4.78, 5) is 11.6. The Morgan fingerprint density at radius 3 is 1.33 bits per heavy atom. The van der Waals surface area contributed by atoms with Crippen molar-refractivity contribution in [1.82, 2.24) is 0 Å². The van der Waals surface area contributed by atoms with Crippen LogP contribution in [0.25, 0.3) is 0 Å². The molecule has 0 fully saturated rings. The topological polar surface area (TPSA) is 100 Å². The van der Waals surface area contributed by atoms with Crippen molar-refractivity contribution in [3.05, 3.63) is 161 Å². The normalized spacial score (nSPS) is 19.4. The summed E-state index contributed by atoms with van der Waals surface area (Å²) in [5, 5.41) is 28.1. The van der Waals surface area contributed by atoms with Crippen molar-refractivity contribution in [3.63, 3.8) is 0 Å². The van der Waals surface area contributed by atoms with Gasteiger partial charge in [0.1, 0.15) is 27.5 Å². The van der Waals surface area contributed by atoms with E-state index < -0.39 is 32.4 Å². The van der Waals surface area contributed by atoms with Crippen LogP contribution in [0.3, 0.4) is 0 Å². The zero-order valence-corrected chi connectivity index (χ0v) is 25.5. The molecule has 1 aliphatic heterocycles. The molecule has 0 saturated heterocycles. The van der Waals surface area contributed by atoms with E-state index in [1.807, 2.05) is 128 Å². The Balaban J connectivity index is 1.83. The number of aliphatic hydroxyl groups excluding tert-OH is 1. The molecule has 10 heteroatoms. The van der Waals surface area contributed by atoms with Gasteiger partial charge in [0.25, 0.3) is 5.69 Å². The number of hydrogen-bond acceptors (Lipinski definition) is 6. The smallest absolute Gasteiger partial charge is 0.275 e. The SMILES string of the molecule is CP1(C(O)c2ccccc2[N+](=O)[O-])=NP(c2ccccc2)(c2ccccc2)=NP(c2ccccc2)(c2ccccc2)=N1. The molecule has 0 aromatic heterocycles. The van der Waals surface area contributed by atoms with Crippen LogP contribution in [-0.4, -0.2) is 16.7 Å². The minimum atomic E-state index is -3.14. The second-order valence-electron chi connectivity index (χ2n) is 9.98. The van der Waals surface area contributed by atoms with Crippen LogP contribution in [0.15, 0.2) is 159 Å². The van der Waals surface area contributed by atoms with Crippen LogP contribution in [0.4, 0.5) is 5.69 Å². The third kappa shape index (κ3) is 4.93. The van der Waals surface area contributed by atoms with Gasteiger partial charge in [-0.1, -0.05) is 133 Å². The van der Waals surface area contributed by atoms with Gasteiger partial charge in [-0.3, -0.25) is 10.1 Å². The predicted octanol–water partition coefficient (Wildman–Crippen LogP) is 7.88. The number of rotatable bonds is 7. The van der Waals surface area contributed by atoms with Crippen molar-refractivity contribution < 1.29 is 10.0 Å². The van der Waals surface area contributed by atoms with Crippen LogP contribution >= 0.6 is 21.6 Å². The highest BCUT2D eigenvalue weighted by atomic mass is 31.3. The van der Waals surface area contributed by atoms with Gasteiger partial charge in [0.15, 0.2) is 0 Å². The van der Waals surface area contributed by atoms with E-state index in [-0.39, 0.29) is 11.3 Å². The molecule has 0 saturated carbocycles. The lowest BCUT2D eigenvalue weighted by molar-refractivity contribution is -0.385. The summed E-state index contributed by atoms with van der Waals surface area (Å²) in [5.74, 6) is -1.30. The Labute approximate surface area is 245 Å². The van der Waals surface area contributed by atoms with E-state index in [1.165, 1.54) is 6.07 Å². The van der Waals surface area contributed by atoms with Crippen LogP contribution in [0.2, 0.25) is 0 Å². The first kappa shape index (κ1) is 28.3. The zero-order chi connectivity index (χ0) is 29.2. The molecule has 1 aliphatic rings. The first-order valence-corrected chi connectivity index (χ1v) is 19.0. The Morgan fingerprint density at radius 1 is 0.571 bits per heavy atom. The van der Waals surface area contributed by atoms with Gasteiger partial charge in [0.05, 0.1) is 10.5 Å². The number of nitro benzene ring substituents is 1. The molecule has 210 valence electrons. The summed E-state index contributed by atoms with van der Waals surface area (Å²) in [7, 11) is -9.06. The number of aliphatic hydroxyl groups is 1. The minimum absolute atomic E-state index is 0.147. The van der Waals surface area contributed by atoms with Gasteiger partial charge in [-0.25, -0.2) is 13.5 Å². The average Bonchev–Trinajstić information content (AvgIpc) is 3.05. The van der Waals surface area contributed by atoms with Crippen molar-refractivity contribution >= 4 is 48.5 Å². The molecule has 6 rings (SSSR count). The number of nitrogens with zero attached hydrogens (tertiary/aromatic N) is 4. The lowest BCUT2D eigenvalue weighted by atomic mass is 10.2. The fourth-order valence-corrected chi connectivity index (χ4v) is 20.1. The molecule has 2 unspecified atom stereocenters. The van der Waals surface area contributed by atoms with Gasteiger partial charge in [0.2, 0.25) is 0 Å². The molecule has 1 heterocycles. The molecule has 0 bridgehead atoms. The summed E-state index contributed by atoms with van der Waals surface area (Å²) in [5.41, 5.74) is 0.0667. The van der Waals surface area contributed by atoms with E-state index in [9.17, 15) is 15.2 Å². The van der Waals surface area contributed by atoms with Crippen molar-refractivity contribution in [2.75, 3.05) is 6.66 Å². The first-order valence-electron chi connectivity index (χ1n) is 13.4.